The fourth-order valence-corrected chi connectivity index (χ4v) is 4.14. The van der Waals surface area contributed by atoms with Crippen LogP contribution in [0.1, 0.15) is 11.4 Å². The van der Waals surface area contributed by atoms with Crippen LogP contribution in [0, 0.1) is 0 Å². The van der Waals surface area contributed by atoms with Gasteiger partial charge in [0.25, 0.3) is 0 Å². The Morgan fingerprint density at radius 2 is 1.64 bits per heavy atom. The lowest BCUT2D eigenvalue weighted by molar-refractivity contribution is 0.126. The number of nitrogens with zero attached hydrogens (tertiary/aromatic N) is 5. The molecule has 0 aliphatic carbocycles. The van der Waals surface area contributed by atoms with Gasteiger partial charge in [0.1, 0.15) is 17.8 Å². The molecule has 0 aliphatic heterocycles. The van der Waals surface area contributed by atoms with Crippen LogP contribution in [-0.4, -0.2) is 32.9 Å². The zero-order valence-corrected chi connectivity index (χ0v) is 19.4. The first-order chi connectivity index (χ1) is 17.8. The first-order valence-corrected chi connectivity index (χ1v) is 11.4. The number of hydrogen-bond donors (Lipinski definition) is 0. The molecule has 0 bridgehead atoms. The highest BCUT2D eigenvalue weighted by molar-refractivity contribution is 6.07. The Morgan fingerprint density at radius 1 is 0.917 bits per heavy atom. The molecule has 8 nitrogen and oxygen atoms in total. The van der Waals surface area contributed by atoms with E-state index in [0.29, 0.717) is 22.9 Å². The molecule has 0 fully saturated rings. The predicted octanol–water partition coefficient (Wildman–Crippen LogP) is 5.76. The van der Waals surface area contributed by atoms with Crippen molar-refractivity contribution in [3.63, 3.8) is 0 Å². The van der Waals surface area contributed by atoms with Crippen LogP contribution < -0.4 is 4.74 Å². The van der Waals surface area contributed by atoms with E-state index >= 15 is 0 Å². The Morgan fingerprint density at radius 3 is 2.42 bits per heavy atom. The van der Waals surface area contributed by atoms with Crippen molar-refractivity contribution in [2.75, 3.05) is 7.11 Å². The minimum Gasteiger partial charge on any atom is -0.496 e. The van der Waals surface area contributed by atoms with E-state index < -0.39 is 0 Å². The van der Waals surface area contributed by atoms with Gasteiger partial charge < -0.3 is 14.0 Å². The quantitative estimate of drug-likeness (QED) is 0.215. The number of furan rings is 1. The van der Waals surface area contributed by atoms with E-state index in [1.54, 1.807) is 24.2 Å². The third kappa shape index (κ3) is 3.94. The summed E-state index contributed by atoms with van der Waals surface area (Å²) in [5, 5.41) is 9.38. The highest BCUT2D eigenvalue weighted by Crippen LogP contribution is 2.41. The van der Waals surface area contributed by atoms with Crippen molar-refractivity contribution in [1.82, 2.24) is 19.6 Å². The van der Waals surface area contributed by atoms with E-state index in [2.05, 4.69) is 15.2 Å². The second-order valence-electron chi connectivity index (χ2n) is 8.01. The largest absolute Gasteiger partial charge is 0.496 e. The third-order valence-corrected chi connectivity index (χ3v) is 5.77. The van der Waals surface area contributed by atoms with Crippen molar-refractivity contribution in [3.8, 4) is 28.2 Å². The van der Waals surface area contributed by atoms with E-state index in [1.807, 2.05) is 84.9 Å². The number of oxime groups is 1. The highest BCUT2D eigenvalue weighted by atomic mass is 16.6. The van der Waals surface area contributed by atoms with Crippen LogP contribution in [0.4, 0.5) is 0 Å². The molecule has 0 aliphatic rings. The summed E-state index contributed by atoms with van der Waals surface area (Å²) < 4.78 is 13.2. The Hall–Kier alpha value is -4.98. The van der Waals surface area contributed by atoms with Crippen molar-refractivity contribution >= 4 is 23.0 Å². The third-order valence-electron chi connectivity index (χ3n) is 5.77. The van der Waals surface area contributed by atoms with Crippen LogP contribution in [0.25, 0.3) is 39.2 Å². The van der Waals surface area contributed by atoms with Crippen LogP contribution in [0.15, 0.2) is 101 Å². The Bertz CT molecular complexity index is 1670. The van der Waals surface area contributed by atoms with Crippen molar-refractivity contribution < 1.29 is 14.0 Å². The molecule has 3 heterocycles. The maximum absolute atomic E-state index is 6.27. The standard InChI is InChI=1S/C28H21N5O3/c1-34-22-15-9-8-14-21(22)16-30-35-17-23-31-27-25-24(19-10-4-2-5-11-19)26(20-12-6-3-7-13-20)36-28(25)29-18-33(27)32-23/h2-16,18H,17H2,1H3. The minimum atomic E-state index is 0.0961. The Balaban J connectivity index is 1.39. The highest BCUT2D eigenvalue weighted by Gasteiger charge is 2.22. The summed E-state index contributed by atoms with van der Waals surface area (Å²) in [6.07, 6.45) is 3.20. The SMILES string of the molecule is COc1ccccc1C=NOCc1nc2c3c(-c4ccccc4)c(-c4ccccc4)oc3ncn2n1. The number of methoxy groups -OCH3 is 1. The second kappa shape index (κ2) is 9.34. The van der Waals surface area contributed by atoms with E-state index in [-0.39, 0.29) is 6.61 Å². The summed E-state index contributed by atoms with van der Waals surface area (Å²) >= 11 is 0. The van der Waals surface area contributed by atoms with Crippen LogP contribution in [0.3, 0.4) is 0 Å². The molecule has 6 rings (SSSR count). The molecule has 0 spiro atoms. The van der Waals surface area contributed by atoms with Gasteiger partial charge in [0, 0.05) is 16.7 Å². The topological polar surface area (TPSA) is 87.0 Å². The lowest BCUT2D eigenvalue weighted by atomic mass is 9.99. The molecule has 0 N–H and O–H groups in total. The van der Waals surface area contributed by atoms with Gasteiger partial charge in [-0.3, -0.25) is 0 Å². The Kier molecular flexibility index (Phi) is 5.59. The first kappa shape index (κ1) is 21.5. The van der Waals surface area contributed by atoms with Crippen LogP contribution in [0.5, 0.6) is 5.75 Å². The molecule has 3 aromatic carbocycles. The molecule has 0 amide bonds. The van der Waals surface area contributed by atoms with Crippen molar-refractivity contribution in [2.24, 2.45) is 5.16 Å². The summed E-state index contributed by atoms with van der Waals surface area (Å²) in [5.41, 5.74) is 4.83. The maximum Gasteiger partial charge on any atom is 0.232 e. The summed E-state index contributed by atoms with van der Waals surface area (Å²) in [7, 11) is 1.62. The van der Waals surface area contributed by atoms with Gasteiger partial charge >= 0.3 is 0 Å². The zero-order valence-electron chi connectivity index (χ0n) is 19.4. The van der Waals surface area contributed by atoms with E-state index in [4.69, 9.17) is 19.0 Å². The number of para-hydroxylation sites is 1. The molecular weight excluding hydrogens is 454 g/mol. The Labute approximate surface area is 206 Å². The summed E-state index contributed by atoms with van der Waals surface area (Å²) in [6, 6.07) is 27.6. The average molecular weight is 476 g/mol. The first-order valence-electron chi connectivity index (χ1n) is 11.4. The van der Waals surface area contributed by atoms with E-state index in [0.717, 1.165) is 33.4 Å². The molecule has 6 aromatic rings. The monoisotopic (exact) mass is 475 g/mol. The van der Waals surface area contributed by atoms with Crippen LogP contribution in [-0.2, 0) is 11.4 Å². The van der Waals surface area contributed by atoms with Crippen LogP contribution in [0.2, 0.25) is 0 Å². The lowest BCUT2D eigenvalue weighted by Gasteiger charge is -2.03. The van der Waals surface area contributed by atoms with E-state index in [1.165, 1.54) is 0 Å². The molecule has 0 unspecified atom stereocenters. The number of benzene rings is 3. The van der Waals surface area contributed by atoms with Gasteiger partial charge in [-0.25, -0.2) is 14.5 Å². The number of aromatic nitrogens is 4. The fraction of sp³-hybridized carbons (Fsp3) is 0.0714. The van der Waals surface area contributed by atoms with Gasteiger partial charge in [0.2, 0.25) is 5.71 Å². The molecule has 36 heavy (non-hydrogen) atoms. The maximum atomic E-state index is 6.27. The number of ether oxygens (including phenoxy) is 1. The average Bonchev–Trinajstić information content (AvgIpc) is 3.53. The molecule has 3 aromatic heterocycles. The van der Waals surface area contributed by atoms with Gasteiger partial charge in [-0.2, -0.15) is 0 Å². The fourth-order valence-electron chi connectivity index (χ4n) is 4.14. The van der Waals surface area contributed by atoms with E-state index in [9.17, 15) is 0 Å². The predicted molar refractivity (Wildman–Crippen MR) is 137 cm³/mol. The molecule has 0 radical (unpaired) electrons. The van der Waals surface area contributed by atoms with Gasteiger partial charge in [0.05, 0.1) is 18.7 Å². The second-order valence-corrected chi connectivity index (χ2v) is 8.01. The number of rotatable bonds is 7. The molecule has 0 atom stereocenters. The minimum absolute atomic E-state index is 0.0961. The van der Waals surface area contributed by atoms with Crippen molar-refractivity contribution in [3.05, 3.63) is 103 Å². The normalized spacial score (nSPS) is 11.5. The summed E-state index contributed by atoms with van der Waals surface area (Å²) in [6.45, 7) is 0.0961. The van der Waals surface area contributed by atoms with Gasteiger partial charge in [-0.05, 0) is 17.7 Å². The van der Waals surface area contributed by atoms with Crippen molar-refractivity contribution in [1.29, 1.82) is 0 Å². The molecule has 176 valence electrons. The summed E-state index contributed by atoms with van der Waals surface area (Å²) in [5.74, 6) is 1.93. The lowest BCUT2D eigenvalue weighted by Crippen LogP contribution is -1.94. The smallest absolute Gasteiger partial charge is 0.232 e. The summed E-state index contributed by atoms with van der Waals surface area (Å²) in [4.78, 5) is 14.7. The van der Waals surface area contributed by atoms with Crippen molar-refractivity contribution in [2.45, 2.75) is 6.61 Å². The molecule has 8 heteroatoms. The molecular formula is C28H21N5O3. The van der Waals surface area contributed by atoms with Gasteiger partial charge in [-0.15, -0.1) is 5.10 Å². The number of fused-ring (bicyclic) bond motifs is 3. The van der Waals surface area contributed by atoms with Crippen LogP contribution >= 0.6 is 0 Å². The zero-order chi connectivity index (χ0) is 24.3. The molecule has 0 saturated carbocycles. The van der Waals surface area contributed by atoms with Gasteiger partial charge in [0.15, 0.2) is 18.1 Å². The van der Waals surface area contributed by atoms with Gasteiger partial charge in [-0.1, -0.05) is 78.0 Å². The molecule has 0 saturated heterocycles. The number of hydrogen-bond acceptors (Lipinski definition) is 7.